The number of nitro groups is 1. The van der Waals surface area contributed by atoms with Crippen LogP contribution in [0.25, 0.3) is 0 Å². The fourth-order valence-electron chi connectivity index (χ4n) is 1.20. The van der Waals surface area contributed by atoms with Crippen molar-refractivity contribution in [1.82, 2.24) is 0 Å². The summed E-state index contributed by atoms with van der Waals surface area (Å²) in [5.74, 6) is -0.713. The predicted molar refractivity (Wildman–Crippen MR) is 62.4 cm³/mol. The van der Waals surface area contributed by atoms with Gasteiger partial charge in [-0.15, -0.1) is 0 Å². The minimum Gasteiger partial charge on any atom is -0.388 e. The molecule has 1 atom stereocenters. The maximum absolute atomic E-state index is 13.5. The Morgan fingerprint density at radius 3 is 2.59 bits per heavy atom. The Kier molecular flexibility index (Phi) is 3.67. The lowest BCUT2D eigenvalue weighted by atomic mass is 10.0. The molecule has 5 nitrogen and oxygen atoms in total. The molecule has 1 rings (SSSR count). The van der Waals surface area contributed by atoms with E-state index in [1.807, 2.05) is 0 Å². The Morgan fingerprint density at radius 2 is 2.12 bits per heavy atom. The molecule has 2 N–H and O–H groups in total. The first-order chi connectivity index (χ1) is 7.73. The number of para-hydroxylation sites is 1. The average molecular weight is 242 g/mol. The molecule has 0 bridgehead atoms. The lowest BCUT2D eigenvalue weighted by Gasteiger charge is -2.27. The first-order valence-electron chi connectivity index (χ1n) is 5.15. The lowest BCUT2D eigenvalue weighted by molar-refractivity contribution is -0.384. The minimum atomic E-state index is -1.11. The average Bonchev–Trinajstić information content (AvgIpc) is 2.18. The zero-order valence-corrected chi connectivity index (χ0v) is 9.90. The lowest BCUT2D eigenvalue weighted by Crippen LogP contribution is -2.39. The van der Waals surface area contributed by atoms with Crippen LogP contribution < -0.4 is 5.32 Å². The van der Waals surface area contributed by atoms with Gasteiger partial charge in [0.25, 0.3) is 5.69 Å². The van der Waals surface area contributed by atoms with Crippen LogP contribution in [0.15, 0.2) is 18.2 Å². The monoisotopic (exact) mass is 242 g/mol. The fourth-order valence-corrected chi connectivity index (χ4v) is 1.20. The van der Waals surface area contributed by atoms with E-state index in [1.54, 1.807) is 6.92 Å². The van der Waals surface area contributed by atoms with E-state index in [0.29, 0.717) is 0 Å². The van der Waals surface area contributed by atoms with Crippen LogP contribution in [0, 0.1) is 15.9 Å². The Balaban J connectivity index is 3.09. The van der Waals surface area contributed by atoms with E-state index < -0.39 is 22.4 Å². The SMILES string of the molecule is CC(Nc1c(F)cccc1[N+](=O)[O-])C(C)(C)O. The van der Waals surface area contributed by atoms with Gasteiger partial charge in [-0.25, -0.2) is 4.39 Å². The van der Waals surface area contributed by atoms with Gasteiger partial charge in [0.15, 0.2) is 5.82 Å². The van der Waals surface area contributed by atoms with Crippen molar-refractivity contribution in [2.24, 2.45) is 0 Å². The van der Waals surface area contributed by atoms with Gasteiger partial charge in [0.2, 0.25) is 0 Å². The third-order valence-electron chi connectivity index (χ3n) is 2.61. The van der Waals surface area contributed by atoms with E-state index in [1.165, 1.54) is 26.0 Å². The number of rotatable bonds is 4. The Hall–Kier alpha value is -1.69. The number of benzene rings is 1. The maximum atomic E-state index is 13.5. The van der Waals surface area contributed by atoms with E-state index in [9.17, 15) is 19.6 Å². The summed E-state index contributed by atoms with van der Waals surface area (Å²) < 4.78 is 13.5. The molecular formula is C11H15FN2O3. The van der Waals surface area contributed by atoms with Crippen molar-refractivity contribution in [3.63, 3.8) is 0 Å². The molecule has 0 saturated carbocycles. The number of halogens is 1. The summed E-state index contributed by atoms with van der Waals surface area (Å²) in [6.07, 6.45) is 0. The zero-order chi connectivity index (χ0) is 13.2. The molecule has 0 aliphatic heterocycles. The molecule has 1 unspecified atom stereocenters. The van der Waals surface area contributed by atoms with Crippen molar-refractivity contribution in [1.29, 1.82) is 0 Å². The van der Waals surface area contributed by atoms with E-state index in [0.717, 1.165) is 6.07 Å². The molecule has 0 saturated heterocycles. The van der Waals surface area contributed by atoms with E-state index in [-0.39, 0.29) is 11.4 Å². The highest BCUT2D eigenvalue weighted by Gasteiger charge is 2.26. The molecule has 0 aromatic heterocycles. The van der Waals surface area contributed by atoms with E-state index >= 15 is 0 Å². The summed E-state index contributed by atoms with van der Waals surface area (Å²) in [6, 6.07) is 3.08. The van der Waals surface area contributed by atoms with E-state index in [2.05, 4.69) is 5.32 Å². The maximum Gasteiger partial charge on any atom is 0.295 e. The molecule has 6 heteroatoms. The molecular weight excluding hydrogens is 227 g/mol. The van der Waals surface area contributed by atoms with Gasteiger partial charge in [-0.2, -0.15) is 0 Å². The predicted octanol–water partition coefficient (Wildman–Crippen LogP) is 2.31. The van der Waals surface area contributed by atoms with Crippen molar-refractivity contribution in [3.8, 4) is 0 Å². The van der Waals surface area contributed by atoms with Gasteiger partial charge in [-0.3, -0.25) is 10.1 Å². The minimum absolute atomic E-state index is 0.202. The third kappa shape index (κ3) is 3.13. The second kappa shape index (κ2) is 4.67. The fraction of sp³-hybridized carbons (Fsp3) is 0.455. The summed E-state index contributed by atoms with van der Waals surface area (Å²) >= 11 is 0. The van der Waals surface area contributed by atoms with Crippen molar-refractivity contribution < 1.29 is 14.4 Å². The molecule has 0 amide bonds. The van der Waals surface area contributed by atoms with E-state index in [4.69, 9.17) is 0 Å². The number of hydrogen-bond acceptors (Lipinski definition) is 4. The Morgan fingerprint density at radius 1 is 1.53 bits per heavy atom. The normalized spacial score (nSPS) is 13.2. The van der Waals surface area contributed by atoms with Crippen LogP contribution in [0.5, 0.6) is 0 Å². The first-order valence-corrected chi connectivity index (χ1v) is 5.15. The molecule has 0 spiro atoms. The van der Waals surface area contributed by atoms with Crippen molar-refractivity contribution in [2.45, 2.75) is 32.4 Å². The van der Waals surface area contributed by atoms with Crippen LogP contribution in [0.3, 0.4) is 0 Å². The number of nitrogens with zero attached hydrogens (tertiary/aromatic N) is 1. The van der Waals surface area contributed by atoms with Gasteiger partial charge in [-0.1, -0.05) is 6.07 Å². The van der Waals surface area contributed by atoms with Crippen LogP contribution in [0.1, 0.15) is 20.8 Å². The summed E-state index contributed by atoms with van der Waals surface area (Å²) in [4.78, 5) is 10.1. The Labute approximate surface area is 98.4 Å². The van der Waals surface area contributed by atoms with Gasteiger partial charge >= 0.3 is 0 Å². The molecule has 0 aliphatic rings. The molecule has 1 aromatic rings. The highest BCUT2D eigenvalue weighted by atomic mass is 19.1. The van der Waals surface area contributed by atoms with Crippen LogP contribution in [-0.4, -0.2) is 21.7 Å². The zero-order valence-electron chi connectivity index (χ0n) is 9.90. The molecule has 0 aliphatic carbocycles. The molecule has 0 fully saturated rings. The van der Waals surface area contributed by atoms with Crippen molar-refractivity contribution in [3.05, 3.63) is 34.1 Å². The number of aliphatic hydroxyl groups is 1. The molecule has 94 valence electrons. The first kappa shape index (κ1) is 13.4. The van der Waals surface area contributed by atoms with Gasteiger partial charge < -0.3 is 10.4 Å². The molecule has 1 aromatic carbocycles. The number of nitro benzene ring substituents is 1. The summed E-state index contributed by atoms with van der Waals surface area (Å²) in [5, 5.41) is 23.1. The Bertz CT molecular complexity index is 429. The number of anilines is 1. The smallest absolute Gasteiger partial charge is 0.295 e. The van der Waals surface area contributed by atoms with Gasteiger partial charge in [0.05, 0.1) is 16.6 Å². The van der Waals surface area contributed by atoms with Crippen LogP contribution in [0.2, 0.25) is 0 Å². The van der Waals surface area contributed by atoms with Crippen LogP contribution in [-0.2, 0) is 0 Å². The van der Waals surface area contributed by atoms with Crippen molar-refractivity contribution >= 4 is 11.4 Å². The topological polar surface area (TPSA) is 75.4 Å². The standard InChI is InChI=1S/C11H15FN2O3/c1-7(11(2,3)15)13-10-8(12)5-4-6-9(10)14(16)17/h4-7,13,15H,1-3H3. The second-order valence-corrected chi connectivity index (χ2v) is 4.41. The summed E-state index contributed by atoms with van der Waals surface area (Å²) in [6.45, 7) is 4.70. The van der Waals surface area contributed by atoms with Gasteiger partial charge in [-0.05, 0) is 26.8 Å². The third-order valence-corrected chi connectivity index (χ3v) is 2.61. The molecule has 0 radical (unpaired) electrons. The van der Waals surface area contributed by atoms with Gasteiger partial charge in [0, 0.05) is 6.07 Å². The summed E-state index contributed by atoms with van der Waals surface area (Å²) in [7, 11) is 0. The highest BCUT2D eigenvalue weighted by Crippen LogP contribution is 2.29. The largest absolute Gasteiger partial charge is 0.388 e. The van der Waals surface area contributed by atoms with Gasteiger partial charge in [0.1, 0.15) is 5.69 Å². The molecule has 17 heavy (non-hydrogen) atoms. The summed E-state index contributed by atoms with van der Waals surface area (Å²) in [5.41, 5.74) is -1.66. The van der Waals surface area contributed by atoms with Crippen LogP contribution >= 0.6 is 0 Å². The highest BCUT2D eigenvalue weighted by molar-refractivity contribution is 5.62. The quantitative estimate of drug-likeness (QED) is 0.627. The molecule has 0 heterocycles. The number of nitrogens with one attached hydrogen (secondary N) is 1. The van der Waals surface area contributed by atoms with Crippen LogP contribution in [0.4, 0.5) is 15.8 Å². The van der Waals surface area contributed by atoms with Crippen molar-refractivity contribution in [2.75, 3.05) is 5.32 Å². The number of hydrogen-bond donors (Lipinski definition) is 2. The second-order valence-electron chi connectivity index (χ2n) is 4.41.